The van der Waals surface area contributed by atoms with Gasteiger partial charge in [0, 0.05) is 25.1 Å². The Bertz CT molecular complexity index is 570. The maximum absolute atomic E-state index is 12.0. The second kappa shape index (κ2) is 5.40. The minimum atomic E-state index is -0.0314. The molecule has 0 N–H and O–H groups in total. The number of rotatable bonds is 4. The fourth-order valence-corrected chi connectivity index (χ4v) is 1.66. The molecule has 0 unspecified atom stereocenters. The lowest BCUT2D eigenvalue weighted by molar-refractivity contribution is 0.104. The number of nitrogens with zero attached hydrogens (tertiary/aromatic N) is 3. The number of carbonyl (C=O) groups is 1. The summed E-state index contributed by atoms with van der Waals surface area (Å²) in [6.07, 6.45) is 8.52. The molecule has 0 aliphatic carbocycles. The van der Waals surface area contributed by atoms with E-state index in [0.29, 0.717) is 5.56 Å². The Labute approximate surface area is 106 Å². The second-order valence-electron chi connectivity index (χ2n) is 3.97. The van der Waals surface area contributed by atoms with Crippen LogP contribution in [0, 0.1) is 6.92 Å². The highest BCUT2D eigenvalue weighted by molar-refractivity contribution is 6.07. The van der Waals surface area contributed by atoms with Gasteiger partial charge in [-0.25, -0.2) is 0 Å². The van der Waals surface area contributed by atoms with Crippen LogP contribution < -0.4 is 0 Å². The average Bonchev–Trinajstić information content (AvgIpc) is 2.78. The standard InChI is InChI=1S/C14H15N3O/c1-3-17-10-13(11(2)16-17)14(18)7-6-12-5-4-8-15-9-12/h4-10H,3H2,1-2H3/b7-6+. The van der Waals surface area contributed by atoms with Crippen LogP contribution in [-0.2, 0) is 6.54 Å². The summed E-state index contributed by atoms with van der Waals surface area (Å²) in [5.41, 5.74) is 2.32. The Kier molecular flexibility index (Phi) is 3.67. The van der Waals surface area contributed by atoms with E-state index in [9.17, 15) is 4.79 Å². The molecule has 0 fully saturated rings. The summed E-state index contributed by atoms with van der Waals surface area (Å²) in [7, 11) is 0. The molecule has 92 valence electrons. The van der Waals surface area contributed by atoms with Crippen molar-refractivity contribution in [2.45, 2.75) is 20.4 Å². The van der Waals surface area contributed by atoms with Gasteiger partial charge in [0.05, 0.1) is 11.3 Å². The van der Waals surface area contributed by atoms with Crippen molar-refractivity contribution in [2.24, 2.45) is 0 Å². The third kappa shape index (κ3) is 2.71. The van der Waals surface area contributed by atoms with Crippen molar-refractivity contribution >= 4 is 11.9 Å². The van der Waals surface area contributed by atoms with Gasteiger partial charge >= 0.3 is 0 Å². The Morgan fingerprint density at radius 3 is 2.94 bits per heavy atom. The van der Waals surface area contributed by atoms with Gasteiger partial charge in [0.25, 0.3) is 0 Å². The lowest BCUT2D eigenvalue weighted by Gasteiger charge is -1.92. The van der Waals surface area contributed by atoms with Crippen LogP contribution in [-0.4, -0.2) is 20.5 Å². The van der Waals surface area contributed by atoms with Gasteiger partial charge in [-0.05, 0) is 37.6 Å². The van der Waals surface area contributed by atoms with E-state index in [-0.39, 0.29) is 5.78 Å². The largest absolute Gasteiger partial charge is 0.289 e. The first kappa shape index (κ1) is 12.2. The number of ketones is 1. The Morgan fingerprint density at radius 1 is 1.50 bits per heavy atom. The second-order valence-corrected chi connectivity index (χ2v) is 3.97. The molecule has 0 amide bonds. The maximum Gasteiger partial charge on any atom is 0.189 e. The summed E-state index contributed by atoms with van der Waals surface area (Å²) in [4.78, 5) is 16.0. The third-order valence-corrected chi connectivity index (χ3v) is 2.65. The molecule has 18 heavy (non-hydrogen) atoms. The molecule has 0 bridgehead atoms. The summed E-state index contributed by atoms with van der Waals surface area (Å²) >= 11 is 0. The maximum atomic E-state index is 12.0. The van der Waals surface area contributed by atoms with Crippen LogP contribution in [0.25, 0.3) is 6.08 Å². The van der Waals surface area contributed by atoms with Gasteiger partial charge in [0.1, 0.15) is 0 Å². The number of allylic oxidation sites excluding steroid dienone is 1. The van der Waals surface area contributed by atoms with Crippen LogP contribution >= 0.6 is 0 Å². The lowest BCUT2D eigenvalue weighted by atomic mass is 10.1. The zero-order valence-electron chi connectivity index (χ0n) is 10.5. The summed E-state index contributed by atoms with van der Waals surface area (Å²) < 4.78 is 1.76. The van der Waals surface area contributed by atoms with Crippen LogP contribution in [0.1, 0.15) is 28.5 Å². The molecule has 0 radical (unpaired) electrons. The Balaban J connectivity index is 2.17. The van der Waals surface area contributed by atoms with E-state index in [0.717, 1.165) is 17.8 Å². The molecular weight excluding hydrogens is 226 g/mol. The number of aryl methyl sites for hydroxylation is 2. The first-order valence-corrected chi connectivity index (χ1v) is 5.87. The minimum Gasteiger partial charge on any atom is -0.289 e. The molecule has 0 aliphatic rings. The lowest BCUT2D eigenvalue weighted by Crippen LogP contribution is -1.94. The van der Waals surface area contributed by atoms with Crippen LogP contribution in [0.2, 0.25) is 0 Å². The van der Waals surface area contributed by atoms with Crippen LogP contribution in [0.5, 0.6) is 0 Å². The van der Waals surface area contributed by atoms with Gasteiger partial charge < -0.3 is 0 Å². The molecule has 0 saturated heterocycles. The fourth-order valence-electron chi connectivity index (χ4n) is 1.66. The van der Waals surface area contributed by atoms with E-state index >= 15 is 0 Å². The molecule has 4 nitrogen and oxygen atoms in total. The smallest absolute Gasteiger partial charge is 0.189 e. The predicted molar refractivity (Wildman–Crippen MR) is 70.2 cm³/mol. The zero-order chi connectivity index (χ0) is 13.0. The number of hydrogen-bond acceptors (Lipinski definition) is 3. The third-order valence-electron chi connectivity index (χ3n) is 2.65. The van der Waals surface area contributed by atoms with Crippen molar-refractivity contribution in [1.29, 1.82) is 0 Å². The van der Waals surface area contributed by atoms with Crippen LogP contribution in [0.4, 0.5) is 0 Å². The fraction of sp³-hybridized carbons (Fsp3) is 0.214. The molecule has 0 saturated carbocycles. The average molecular weight is 241 g/mol. The molecule has 2 aromatic rings. The van der Waals surface area contributed by atoms with E-state index in [1.54, 1.807) is 35.4 Å². The van der Waals surface area contributed by atoms with E-state index in [1.807, 2.05) is 26.0 Å². The number of hydrogen-bond donors (Lipinski definition) is 0. The first-order valence-electron chi connectivity index (χ1n) is 5.87. The monoisotopic (exact) mass is 241 g/mol. The van der Waals surface area contributed by atoms with Gasteiger partial charge in [-0.2, -0.15) is 5.10 Å². The number of aromatic nitrogens is 3. The SMILES string of the molecule is CCn1cc(C(=O)/C=C/c2cccnc2)c(C)n1. The van der Waals surface area contributed by atoms with Gasteiger partial charge in [-0.1, -0.05) is 6.07 Å². The van der Waals surface area contributed by atoms with Crippen LogP contribution in [0.15, 0.2) is 36.8 Å². The Hall–Kier alpha value is -2.23. The highest BCUT2D eigenvalue weighted by atomic mass is 16.1. The molecular formula is C14H15N3O. The molecule has 2 aromatic heterocycles. The topological polar surface area (TPSA) is 47.8 Å². The van der Waals surface area contributed by atoms with E-state index in [1.165, 1.54) is 0 Å². The zero-order valence-corrected chi connectivity index (χ0v) is 10.5. The summed E-state index contributed by atoms with van der Waals surface area (Å²) in [6.45, 7) is 4.60. The van der Waals surface area contributed by atoms with Crippen molar-refractivity contribution in [2.75, 3.05) is 0 Å². The van der Waals surface area contributed by atoms with Gasteiger partial charge in [0.2, 0.25) is 0 Å². The Morgan fingerprint density at radius 2 is 2.33 bits per heavy atom. The van der Waals surface area contributed by atoms with Crippen molar-refractivity contribution in [3.63, 3.8) is 0 Å². The van der Waals surface area contributed by atoms with Crippen molar-refractivity contribution in [3.05, 3.63) is 53.6 Å². The van der Waals surface area contributed by atoms with E-state index < -0.39 is 0 Å². The molecule has 0 aromatic carbocycles. The minimum absolute atomic E-state index is 0.0314. The number of carbonyl (C=O) groups excluding carboxylic acids is 1. The predicted octanol–water partition coefficient (Wildman–Crippen LogP) is 2.50. The summed E-state index contributed by atoms with van der Waals surface area (Å²) in [5.74, 6) is -0.0314. The highest BCUT2D eigenvalue weighted by Gasteiger charge is 2.09. The molecule has 4 heteroatoms. The van der Waals surface area contributed by atoms with Crippen molar-refractivity contribution in [1.82, 2.24) is 14.8 Å². The van der Waals surface area contributed by atoms with Crippen molar-refractivity contribution in [3.8, 4) is 0 Å². The molecule has 2 rings (SSSR count). The number of pyridine rings is 1. The normalized spacial score (nSPS) is 11.0. The van der Waals surface area contributed by atoms with Gasteiger partial charge in [-0.15, -0.1) is 0 Å². The molecule has 0 spiro atoms. The van der Waals surface area contributed by atoms with Crippen molar-refractivity contribution < 1.29 is 4.79 Å². The quantitative estimate of drug-likeness (QED) is 0.610. The highest BCUT2D eigenvalue weighted by Crippen LogP contribution is 2.09. The van der Waals surface area contributed by atoms with E-state index in [2.05, 4.69) is 10.1 Å². The molecule has 2 heterocycles. The van der Waals surface area contributed by atoms with Gasteiger partial charge in [0.15, 0.2) is 5.78 Å². The summed E-state index contributed by atoms with van der Waals surface area (Å²) in [6, 6.07) is 3.74. The first-order chi connectivity index (χ1) is 8.70. The molecule has 0 aliphatic heterocycles. The summed E-state index contributed by atoms with van der Waals surface area (Å²) in [5, 5.41) is 4.25. The van der Waals surface area contributed by atoms with Gasteiger partial charge in [-0.3, -0.25) is 14.5 Å². The van der Waals surface area contributed by atoms with Crippen LogP contribution in [0.3, 0.4) is 0 Å². The van der Waals surface area contributed by atoms with E-state index in [4.69, 9.17) is 0 Å². The molecule has 0 atom stereocenters.